The second-order valence-corrected chi connectivity index (χ2v) is 5.63. The van der Waals surface area contributed by atoms with E-state index in [1.807, 2.05) is 58.9 Å². The van der Waals surface area contributed by atoms with Gasteiger partial charge in [0.2, 0.25) is 0 Å². The van der Waals surface area contributed by atoms with Gasteiger partial charge in [0.05, 0.1) is 6.10 Å². The van der Waals surface area contributed by atoms with Crippen LogP contribution in [0.25, 0.3) is 0 Å². The third-order valence-corrected chi connectivity index (χ3v) is 2.08. The van der Waals surface area contributed by atoms with Crippen LogP contribution in [0.4, 0.5) is 5.69 Å². The van der Waals surface area contributed by atoms with E-state index in [4.69, 9.17) is 9.47 Å². The minimum absolute atomic E-state index is 0.153. The lowest BCUT2D eigenvalue weighted by molar-refractivity contribution is -0.152. The Labute approximate surface area is 115 Å². The number of benzene rings is 1. The first kappa shape index (κ1) is 15.3. The second kappa shape index (κ2) is 6.45. The van der Waals surface area contributed by atoms with Gasteiger partial charge in [-0.15, -0.1) is 0 Å². The van der Waals surface area contributed by atoms with Crippen molar-refractivity contribution in [1.29, 1.82) is 0 Å². The minimum atomic E-state index is -0.451. The van der Waals surface area contributed by atoms with Crippen LogP contribution in [0.15, 0.2) is 24.3 Å². The van der Waals surface area contributed by atoms with Gasteiger partial charge in [-0.3, -0.25) is 4.79 Å². The summed E-state index contributed by atoms with van der Waals surface area (Å²) >= 11 is 0. The maximum atomic E-state index is 11.5. The highest BCUT2D eigenvalue weighted by Gasteiger charge is 2.15. The lowest BCUT2D eigenvalue weighted by Crippen LogP contribution is -2.28. The van der Waals surface area contributed by atoms with Gasteiger partial charge < -0.3 is 14.8 Å². The molecule has 0 aromatic heterocycles. The molecule has 0 atom stereocenters. The highest BCUT2D eigenvalue weighted by molar-refractivity contribution is 5.75. The zero-order valence-electron chi connectivity index (χ0n) is 12.3. The first-order valence-corrected chi connectivity index (χ1v) is 6.49. The number of hydrogen-bond acceptors (Lipinski definition) is 4. The van der Waals surface area contributed by atoms with E-state index in [1.54, 1.807) is 0 Å². The Hall–Kier alpha value is -1.71. The molecule has 0 unspecified atom stereocenters. The van der Waals surface area contributed by atoms with Gasteiger partial charge in [-0.2, -0.15) is 0 Å². The lowest BCUT2D eigenvalue weighted by atomic mass is 10.2. The van der Waals surface area contributed by atoms with Gasteiger partial charge in [-0.1, -0.05) is 0 Å². The molecule has 0 amide bonds. The van der Waals surface area contributed by atoms with Crippen LogP contribution in [0.5, 0.6) is 5.75 Å². The molecular formula is C15H23NO3. The first-order valence-electron chi connectivity index (χ1n) is 6.49. The van der Waals surface area contributed by atoms with Crippen molar-refractivity contribution in [2.45, 2.75) is 46.3 Å². The van der Waals surface area contributed by atoms with E-state index in [1.165, 1.54) is 0 Å². The topological polar surface area (TPSA) is 47.6 Å². The Morgan fingerprint density at radius 3 is 2.26 bits per heavy atom. The van der Waals surface area contributed by atoms with Crippen molar-refractivity contribution in [2.75, 3.05) is 11.9 Å². The van der Waals surface area contributed by atoms with Gasteiger partial charge in [0, 0.05) is 5.69 Å². The van der Waals surface area contributed by atoms with Crippen molar-refractivity contribution < 1.29 is 14.3 Å². The van der Waals surface area contributed by atoms with Gasteiger partial charge in [-0.25, -0.2) is 0 Å². The van der Waals surface area contributed by atoms with Crippen LogP contribution < -0.4 is 10.1 Å². The van der Waals surface area contributed by atoms with Crippen LogP contribution in [0.2, 0.25) is 0 Å². The monoisotopic (exact) mass is 265 g/mol. The standard InChI is InChI=1S/C15H23NO3/c1-11(2)18-13-8-6-12(7-9-13)16-10-14(17)19-15(3,4)5/h6-9,11,16H,10H2,1-5H3. The molecule has 1 N–H and O–H groups in total. The normalized spacial score (nSPS) is 11.3. The van der Waals surface area contributed by atoms with Crippen molar-refractivity contribution in [3.05, 3.63) is 24.3 Å². The fourth-order valence-electron chi connectivity index (χ4n) is 1.48. The van der Waals surface area contributed by atoms with E-state index in [9.17, 15) is 4.79 Å². The molecule has 106 valence electrons. The first-order chi connectivity index (χ1) is 8.76. The van der Waals surface area contributed by atoms with E-state index >= 15 is 0 Å². The summed E-state index contributed by atoms with van der Waals surface area (Å²) in [5, 5.41) is 3.02. The third kappa shape index (κ3) is 6.70. The molecule has 0 radical (unpaired) electrons. The molecule has 0 saturated carbocycles. The molecule has 19 heavy (non-hydrogen) atoms. The maximum absolute atomic E-state index is 11.5. The summed E-state index contributed by atoms with van der Waals surface area (Å²) in [6.45, 7) is 9.67. The van der Waals surface area contributed by atoms with Crippen molar-refractivity contribution in [3.63, 3.8) is 0 Å². The highest BCUT2D eigenvalue weighted by Crippen LogP contribution is 2.17. The molecule has 0 spiro atoms. The van der Waals surface area contributed by atoms with Crippen LogP contribution in [0.3, 0.4) is 0 Å². The maximum Gasteiger partial charge on any atom is 0.325 e. The van der Waals surface area contributed by atoms with Crippen molar-refractivity contribution in [3.8, 4) is 5.75 Å². The highest BCUT2D eigenvalue weighted by atomic mass is 16.6. The Balaban J connectivity index is 2.44. The fourth-order valence-corrected chi connectivity index (χ4v) is 1.48. The molecule has 0 fully saturated rings. The Bertz CT molecular complexity index is 404. The van der Waals surface area contributed by atoms with Gasteiger partial charge >= 0.3 is 5.97 Å². The molecule has 0 bridgehead atoms. The van der Waals surface area contributed by atoms with Crippen LogP contribution in [0, 0.1) is 0 Å². The van der Waals surface area contributed by atoms with Gasteiger partial charge in [0.1, 0.15) is 17.9 Å². The van der Waals surface area contributed by atoms with Gasteiger partial charge in [0.25, 0.3) is 0 Å². The molecule has 0 aliphatic carbocycles. The summed E-state index contributed by atoms with van der Waals surface area (Å²) in [6, 6.07) is 7.50. The molecule has 1 rings (SSSR count). The smallest absolute Gasteiger partial charge is 0.325 e. The Kier molecular flexibility index (Phi) is 5.21. The minimum Gasteiger partial charge on any atom is -0.491 e. The zero-order chi connectivity index (χ0) is 14.5. The number of ether oxygens (including phenoxy) is 2. The van der Waals surface area contributed by atoms with Gasteiger partial charge in [0.15, 0.2) is 0 Å². The summed E-state index contributed by atoms with van der Waals surface area (Å²) < 4.78 is 10.8. The molecule has 0 heterocycles. The molecular weight excluding hydrogens is 242 g/mol. The van der Waals surface area contributed by atoms with Crippen LogP contribution >= 0.6 is 0 Å². The zero-order valence-corrected chi connectivity index (χ0v) is 12.3. The van der Waals surface area contributed by atoms with E-state index in [0.29, 0.717) is 0 Å². The predicted molar refractivity (Wildman–Crippen MR) is 76.5 cm³/mol. The SMILES string of the molecule is CC(C)Oc1ccc(NCC(=O)OC(C)(C)C)cc1. The molecule has 0 saturated heterocycles. The largest absolute Gasteiger partial charge is 0.491 e. The van der Waals surface area contributed by atoms with Gasteiger partial charge in [-0.05, 0) is 58.9 Å². The Morgan fingerprint density at radius 2 is 1.79 bits per heavy atom. The molecule has 1 aromatic rings. The third-order valence-electron chi connectivity index (χ3n) is 2.08. The molecule has 0 aliphatic rings. The average molecular weight is 265 g/mol. The lowest BCUT2D eigenvalue weighted by Gasteiger charge is -2.19. The number of hydrogen-bond donors (Lipinski definition) is 1. The second-order valence-electron chi connectivity index (χ2n) is 5.63. The number of nitrogens with one attached hydrogen (secondary N) is 1. The molecule has 1 aromatic carbocycles. The van der Waals surface area contributed by atoms with Crippen LogP contribution in [0.1, 0.15) is 34.6 Å². The van der Waals surface area contributed by atoms with E-state index in [2.05, 4.69) is 5.32 Å². The van der Waals surface area contributed by atoms with E-state index < -0.39 is 5.60 Å². The number of esters is 1. The fraction of sp³-hybridized carbons (Fsp3) is 0.533. The van der Waals surface area contributed by atoms with E-state index in [0.717, 1.165) is 11.4 Å². The van der Waals surface area contributed by atoms with Crippen LogP contribution in [-0.2, 0) is 9.53 Å². The average Bonchev–Trinajstić information content (AvgIpc) is 2.25. The number of carbonyl (C=O) groups is 1. The Morgan fingerprint density at radius 1 is 1.21 bits per heavy atom. The van der Waals surface area contributed by atoms with Crippen LogP contribution in [-0.4, -0.2) is 24.2 Å². The summed E-state index contributed by atoms with van der Waals surface area (Å²) in [6.07, 6.45) is 0.153. The summed E-state index contributed by atoms with van der Waals surface area (Å²) in [5.41, 5.74) is 0.412. The molecule has 4 nitrogen and oxygen atoms in total. The number of carbonyl (C=O) groups excluding carboxylic acids is 1. The van der Waals surface area contributed by atoms with E-state index in [-0.39, 0.29) is 18.6 Å². The van der Waals surface area contributed by atoms with Crippen molar-refractivity contribution >= 4 is 11.7 Å². The summed E-state index contributed by atoms with van der Waals surface area (Å²) in [5.74, 6) is 0.549. The molecule has 0 aliphatic heterocycles. The number of rotatable bonds is 5. The van der Waals surface area contributed by atoms with Crippen molar-refractivity contribution in [2.24, 2.45) is 0 Å². The number of anilines is 1. The quantitative estimate of drug-likeness (QED) is 0.830. The van der Waals surface area contributed by atoms with Crippen molar-refractivity contribution in [1.82, 2.24) is 0 Å². The summed E-state index contributed by atoms with van der Waals surface area (Å²) in [4.78, 5) is 11.5. The summed E-state index contributed by atoms with van der Waals surface area (Å²) in [7, 11) is 0. The molecule has 4 heteroatoms. The predicted octanol–water partition coefficient (Wildman–Crippen LogP) is 3.23.